The molecule has 0 atom stereocenters. The van der Waals surface area contributed by atoms with Crippen LogP contribution in [0.5, 0.6) is 0 Å². The summed E-state index contributed by atoms with van der Waals surface area (Å²) >= 11 is 5.48. The van der Waals surface area contributed by atoms with Crippen LogP contribution in [-0.4, -0.2) is 18.1 Å². The summed E-state index contributed by atoms with van der Waals surface area (Å²) in [7, 11) is 1.16. The lowest BCUT2D eigenvalue weighted by Crippen LogP contribution is -2.21. The first kappa shape index (κ1) is 9.60. The second kappa shape index (κ2) is 3.49. The van der Waals surface area contributed by atoms with E-state index < -0.39 is 11.5 Å². The van der Waals surface area contributed by atoms with Crippen LogP contribution in [-0.2, 0) is 4.74 Å². The van der Waals surface area contributed by atoms with Crippen LogP contribution in [0.4, 0.5) is 5.69 Å². The van der Waals surface area contributed by atoms with E-state index in [4.69, 9.17) is 17.3 Å². The summed E-state index contributed by atoms with van der Waals surface area (Å²) in [6.45, 7) is 0. The number of hydrogen-bond donors (Lipinski definition) is 2. The predicted molar refractivity (Wildman–Crippen MR) is 47.8 cm³/mol. The first-order chi connectivity index (χ1) is 6.06. The lowest BCUT2D eigenvalue weighted by molar-refractivity contribution is 0.0600. The molecule has 0 aliphatic heterocycles. The number of nitrogens with two attached hydrogens (primary N) is 1. The van der Waals surface area contributed by atoms with E-state index in [1.807, 2.05) is 0 Å². The first-order valence-electron chi connectivity index (χ1n) is 3.33. The van der Waals surface area contributed by atoms with Crippen molar-refractivity contribution in [3.8, 4) is 0 Å². The van der Waals surface area contributed by atoms with E-state index in [-0.39, 0.29) is 16.4 Å². The van der Waals surface area contributed by atoms with E-state index >= 15 is 0 Å². The van der Waals surface area contributed by atoms with E-state index in [0.29, 0.717) is 0 Å². The topological polar surface area (TPSA) is 85.2 Å². The van der Waals surface area contributed by atoms with Gasteiger partial charge < -0.3 is 15.5 Å². The van der Waals surface area contributed by atoms with Crippen LogP contribution in [0.2, 0.25) is 5.15 Å². The number of methoxy groups -OCH3 is 1. The molecule has 0 radical (unpaired) electrons. The SMILES string of the molecule is COC(=O)c1c(N)cc(Cl)[nH]c1=O. The maximum Gasteiger partial charge on any atom is 0.345 e. The Morgan fingerprint density at radius 2 is 2.31 bits per heavy atom. The molecule has 1 rings (SSSR count). The van der Waals surface area contributed by atoms with Gasteiger partial charge in [0.25, 0.3) is 5.56 Å². The molecule has 1 aromatic heterocycles. The molecular formula is C7H7ClN2O3. The molecule has 70 valence electrons. The number of H-pyrrole nitrogens is 1. The fraction of sp³-hybridized carbons (Fsp3) is 0.143. The van der Waals surface area contributed by atoms with Gasteiger partial charge >= 0.3 is 5.97 Å². The molecule has 0 amide bonds. The number of nitrogens with one attached hydrogen (secondary N) is 1. The monoisotopic (exact) mass is 202 g/mol. The van der Waals surface area contributed by atoms with Crippen molar-refractivity contribution < 1.29 is 9.53 Å². The standard InChI is InChI=1S/C7H7ClN2O3/c1-13-7(12)5-3(9)2-4(8)10-6(5)11/h2H,1H3,(H3,9,10,11). The Hall–Kier alpha value is -1.49. The molecule has 13 heavy (non-hydrogen) atoms. The summed E-state index contributed by atoms with van der Waals surface area (Å²) in [5.41, 5.74) is 4.51. The number of rotatable bonds is 1. The molecule has 1 heterocycles. The molecule has 0 fully saturated rings. The predicted octanol–water partition coefficient (Wildman–Crippen LogP) is 0.397. The number of pyridine rings is 1. The molecule has 0 aromatic carbocycles. The van der Waals surface area contributed by atoms with Gasteiger partial charge in [0.1, 0.15) is 10.7 Å². The zero-order chi connectivity index (χ0) is 10.0. The van der Waals surface area contributed by atoms with Crippen LogP contribution >= 0.6 is 11.6 Å². The highest BCUT2D eigenvalue weighted by atomic mass is 35.5. The van der Waals surface area contributed by atoms with Gasteiger partial charge in [-0.15, -0.1) is 0 Å². The van der Waals surface area contributed by atoms with E-state index in [1.165, 1.54) is 6.07 Å². The van der Waals surface area contributed by atoms with Crippen molar-refractivity contribution in [1.29, 1.82) is 0 Å². The van der Waals surface area contributed by atoms with Crippen LogP contribution in [0.3, 0.4) is 0 Å². The Kier molecular flexibility index (Phi) is 2.57. The number of ether oxygens (including phenoxy) is 1. The molecule has 0 saturated heterocycles. The zero-order valence-corrected chi connectivity index (χ0v) is 7.51. The Morgan fingerprint density at radius 1 is 1.69 bits per heavy atom. The summed E-state index contributed by atoms with van der Waals surface area (Å²) in [5, 5.41) is 0.0788. The lowest BCUT2D eigenvalue weighted by atomic mass is 10.2. The second-order valence-electron chi connectivity index (χ2n) is 2.27. The van der Waals surface area contributed by atoms with Gasteiger partial charge in [-0.05, 0) is 6.07 Å². The molecule has 3 N–H and O–H groups in total. The van der Waals surface area contributed by atoms with Gasteiger partial charge in [0.05, 0.1) is 12.8 Å². The number of carbonyl (C=O) groups is 1. The number of halogens is 1. The third kappa shape index (κ3) is 1.81. The number of aromatic nitrogens is 1. The van der Waals surface area contributed by atoms with Crippen molar-refractivity contribution in [2.45, 2.75) is 0 Å². The van der Waals surface area contributed by atoms with Crippen LogP contribution in [0.1, 0.15) is 10.4 Å². The van der Waals surface area contributed by atoms with Crippen molar-refractivity contribution >= 4 is 23.3 Å². The smallest absolute Gasteiger partial charge is 0.345 e. The molecule has 0 spiro atoms. The number of esters is 1. The highest BCUT2D eigenvalue weighted by Gasteiger charge is 2.15. The maximum absolute atomic E-state index is 11.1. The van der Waals surface area contributed by atoms with Crippen LogP contribution in [0.25, 0.3) is 0 Å². The van der Waals surface area contributed by atoms with Gasteiger partial charge in [-0.25, -0.2) is 4.79 Å². The van der Waals surface area contributed by atoms with Crippen molar-refractivity contribution in [3.05, 3.63) is 27.1 Å². The molecule has 0 aliphatic rings. The minimum atomic E-state index is -0.782. The van der Waals surface area contributed by atoms with Crippen LogP contribution in [0, 0.1) is 0 Å². The second-order valence-corrected chi connectivity index (χ2v) is 2.68. The van der Waals surface area contributed by atoms with E-state index in [9.17, 15) is 9.59 Å². The maximum atomic E-state index is 11.1. The summed E-state index contributed by atoms with van der Waals surface area (Å²) in [6.07, 6.45) is 0. The van der Waals surface area contributed by atoms with E-state index in [0.717, 1.165) is 7.11 Å². The molecular weight excluding hydrogens is 196 g/mol. The number of hydrogen-bond acceptors (Lipinski definition) is 4. The quantitative estimate of drug-likeness (QED) is 0.510. The molecule has 0 bridgehead atoms. The van der Waals surface area contributed by atoms with E-state index in [2.05, 4.69) is 9.72 Å². The molecule has 0 unspecified atom stereocenters. The van der Waals surface area contributed by atoms with Crippen LogP contribution < -0.4 is 11.3 Å². The van der Waals surface area contributed by atoms with Gasteiger partial charge in [-0.2, -0.15) is 0 Å². The number of anilines is 1. The fourth-order valence-corrected chi connectivity index (χ4v) is 1.06. The van der Waals surface area contributed by atoms with Gasteiger partial charge in [-0.1, -0.05) is 11.6 Å². The minimum Gasteiger partial charge on any atom is -0.465 e. The Bertz CT molecular complexity index is 399. The Morgan fingerprint density at radius 3 is 2.77 bits per heavy atom. The molecule has 5 nitrogen and oxygen atoms in total. The van der Waals surface area contributed by atoms with Gasteiger partial charge in [0, 0.05) is 0 Å². The molecule has 0 aliphatic carbocycles. The Balaban J connectivity index is 3.38. The molecule has 1 aromatic rings. The Labute approximate surface area is 78.5 Å². The molecule has 6 heteroatoms. The average molecular weight is 203 g/mol. The zero-order valence-electron chi connectivity index (χ0n) is 6.76. The summed E-state index contributed by atoms with van der Waals surface area (Å²) in [5.74, 6) is -0.782. The van der Waals surface area contributed by atoms with Crippen molar-refractivity contribution in [1.82, 2.24) is 4.98 Å². The van der Waals surface area contributed by atoms with Crippen molar-refractivity contribution in [3.63, 3.8) is 0 Å². The average Bonchev–Trinajstić information content (AvgIpc) is 2.02. The normalized spacial score (nSPS) is 9.69. The largest absolute Gasteiger partial charge is 0.465 e. The van der Waals surface area contributed by atoms with Crippen molar-refractivity contribution in [2.75, 3.05) is 12.8 Å². The lowest BCUT2D eigenvalue weighted by Gasteiger charge is -2.01. The molecule has 0 saturated carbocycles. The van der Waals surface area contributed by atoms with E-state index in [1.54, 1.807) is 0 Å². The number of carbonyl (C=O) groups excluding carboxylic acids is 1. The number of aromatic amines is 1. The van der Waals surface area contributed by atoms with Crippen LogP contribution in [0.15, 0.2) is 10.9 Å². The first-order valence-corrected chi connectivity index (χ1v) is 3.70. The van der Waals surface area contributed by atoms with Gasteiger partial charge in [-0.3, -0.25) is 4.79 Å². The third-order valence-electron chi connectivity index (χ3n) is 1.42. The summed E-state index contributed by atoms with van der Waals surface area (Å²) < 4.78 is 4.36. The number of nitrogen functional groups attached to an aromatic ring is 1. The van der Waals surface area contributed by atoms with Gasteiger partial charge in [0.15, 0.2) is 0 Å². The minimum absolute atomic E-state index is 0.000556. The van der Waals surface area contributed by atoms with Crippen molar-refractivity contribution in [2.24, 2.45) is 0 Å². The third-order valence-corrected chi connectivity index (χ3v) is 1.62. The van der Waals surface area contributed by atoms with Gasteiger partial charge in [0.2, 0.25) is 0 Å². The summed E-state index contributed by atoms with van der Waals surface area (Å²) in [6, 6.07) is 1.27. The highest BCUT2D eigenvalue weighted by Crippen LogP contribution is 2.11. The fourth-order valence-electron chi connectivity index (χ4n) is 0.859. The summed E-state index contributed by atoms with van der Waals surface area (Å²) in [4.78, 5) is 24.4. The highest BCUT2D eigenvalue weighted by molar-refractivity contribution is 6.29.